The van der Waals surface area contributed by atoms with Crippen molar-refractivity contribution in [3.63, 3.8) is 0 Å². The zero-order valence-corrected chi connectivity index (χ0v) is 14.6. The second kappa shape index (κ2) is 7.82. The summed E-state index contributed by atoms with van der Waals surface area (Å²) in [6.45, 7) is 1.87. The number of rotatable bonds is 5. The van der Waals surface area contributed by atoms with Crippen molar-refractivity contribution in [2.24, 2.45) is 0 Å². The Morgan fingerprint density at radius 2 is 1.62 bits per heavy atom. The van der Waals surface area contributed by atoms with Crippen LogP contribution in [0.15, 0.2) is 54.6 Å². The van der Waals surface area contributed by atoms with Crippen LogP contribution in [-0.4, -0.2) is 28.7 Å². The summed E-state index contributed by atoms with van der Waals surface area (Å²) in [5.74, 6) is -0.350. The molecule has 0 saturated carbocycles. The Morgan fingerprint density at radius 1 is 1.00 bits per heavy atom. The number of amides is 3. The smallest absolute Gasteiger partial charge is 0.247 e. The SMILES string of the molecule is CC(=O)Nc1ccc(NC(=O)C2CCC(=O)N2Cc2ccccc2)cc1. The van der Waals surface area contributed by atoms with Crippen molar-refractivity contribution in [2.45, 2.75) is 32.4 Å². The minimum atomic E-state index is -0.474. The monoisotopic (exact) mass is 351 g/mol. The molecule has 1 atom stereocenters. The molecule has 3 rings (SSSR count). The molecule has 2 aromatic rings. The van der Waals surface area contributed by atoms with Crippen LogP contribution in [0.5, 0.6) is 0 Å². The van der Waals surface area contributed by atoms with Gasteiger partial charge >= 0.3 is 0 Å². The van der Waals surface area contributed by atoms with Crippen LogP contribution >= 0.6 is 0 Å². The third-order valence-corrected chi connectivity index (χ3v) is 4.30. The summed E-state index contributed by atoms with van der Waals surface area (Å²) in [6, 6.07) is 16.1. The third kappa shape index (κ3) is 4.27. The first-order chi connectivity index (χ1) is 12.5. The zero-order valence-electron chi connectivity index (χ0n) is 14.6. The lowest BCUT2D eigenvalue weighted by Crippen LogP contribution is -2.41. The van der Waals surface area contributed by atoms with Gasteiger partial charge in [-0.1, -0.05) is 30.3 Å². The molecule has 1 saturated heterocycles. The fourth-order valence-corrected chi connectivity index (χ4v) is 3.05. The molecule has 1 heterocycles. The number of nitrogens with one attached hydrogen (secondary N) is 2. The summed E-state index contributed by atoms with van der Waals surface area (Å²) in [7, 11) is 0. The molecular weight excluding hydrogens is 330 g/mol. The van der Waals surface area contributed by atoms with E-state index in [1.807, 2.05) is 30.3 Å². The highest BCUT2D eigenvalue weighted by Crippen LogP contribution is 2.23. The van der Waals surface area contributed by atoms with Crippen molar-refractivity contribution in [3.05, 3.63) is 60.2 Å². The summed E-state index contributed by atoms with van der Waals surface area (Å²) in [5, 5.41) is 5.53. The molecule has 0 aliphatic carbocycles. The Bertz CT molecular complexity index is 803. The van der Waals surface area contributed by atoms with Gasteiger partial charge in [0, 0.05) is 31.3 Å². The number of likely N-dealkylation sites (tertiary alicyclic amines) is 1. The maximum absolute atomic E-state index is 12.6. The van der Waals surface area contributed by atoms with Gasteiger partial charge < -0.3 is 15.5 Å². The van der Waals surface area contributed by atoms with Gasteiger partial charge in [-0.05, 0) is 36.2 Å². The van der Waals surface area contributed by atoms with E-state index < -0.39 is 6.04 Å². The van der Waals surface area contributed by atoms with Crippen molar-refractivity contribution in [2.75, 3.05) is 10.6 Å². The second-order valence-electron chi connectivity index (χ2n) is 6.31. The largest absolute Gasteiger partial charge is 0.326 e. The van der Waals surface area contributed by atoms with Crippen LogP contribution in [0, 0.1) is 0 Å². The van der Waals surface area contributed by atoms with Crippen molar-refractivity contribution >= 4 is 29.1 Å². The number of hydrogen-bond donors (Lipinski definition) is 2. The highest BCUT2D eigenvalue weighted by Gasteiger charge is 2.35. The quantitative estimate of drug-likeness (QED) is 0.869. The van der Waals surface area contributed by atoms with E-state index in [1.54, 1.807) is 29.2 Å². The van der Waals surface area contributed by atoms with E-state index in [-0.39, 0.29) is 17.7 Å². The van der Waals surface area contributed by atoms with E-state index in [0.29, 0.717) is 30.8 Å². The van der Waals surface area contributed by atoms with Crippen LogP contribution in [0.1, 0.15) is 25.3 Å². The number of anilines is 2. The fraction of sp³-hybridized carbons (Fsp3) is 0.250. The Hall–Kier alpha value is -3.15. The van der Waals surface area contributed by atoms with Gasteiger partial charge in [0.2, 0.25) is 17.7 Å². The first-order valence-electron chi connectivity index (χ1n) is 8.55. The number of nitrogens with zero attached hydrogens (tertiary/aromatic N) is 1. The minimum absolute atomic E-state index is 0.00462. The highest BCUT2D eigenvalue weighted by molar-refractivity contribution is 5.99. The molecule has 0 radical (unpaired) electrons. The lowest BCUT2D eigenvalue weighted by molar-refractivity contribution is -0.133. The molecule has 134 valence electrons. The molecule has 3 amide bonds. The highest BCUT2D eigenvalue weighted by atomic mass is 16.2. The van der Waals surface area contributed by atoms with E-state index >= 15 is 0 Å². The van der Waals surface area contributed by atoms with E-state index in [0.717, 1.165) is 5.56 Å². The molecule has 1 aliphatic heterocycles. The molecule has 1 unspecified atom stereocenters. The topological polar surface area (TPSA) is 78.5 Å². The molecule has 2 N–H and O–H groups in total. The number of benzene rings is 2. The fourth-order valence-electron chi connectivity index (χ4n) is 3.05. The summed E-state index contributed by atoms with van der Waals surface area (Å²) >= 11 is 0. The molecule has 1 aliphatic rings. The summed E-state index contributed by atoms with van der Waals surface area (Å²) in [4.78, 5) is 37.5. The van der Waals surface area contributed by atoms with Gasteiger partial charge in [-0.3, -0.25) is 14.4 Å². The van der Waals surface area contributed by atoms with Crippen LogP contribution in [-0.2, 0) is 20.9 Å². The maximum Gasteiger partial charge on any atom is 0.247 e. The molecule has 6 nitrogen and oxygen atoms in total. The van der Waals surface area contributed by atoms with E-state index in [2.05, 4.69) is 10.6 Å². The van der Waals surface area contributed by atoms with Gasteiger partial charge in [-0.2, -0.15) is 0 Å². The first kappa shape index (κ1) is 17.7. The van der Waals surface area contributed by atoms with Gasteiger partial charge in [0.15, 0.2) is 0 Å². The predicted octanol–water partition coefficient (Wildman–Crippen LogP) is 2.77. The number of hydrogen-bond acceptors (Lipinski definition) is 3. The lowest BCUT2D eigenvalue weighted by Gasteiger charge is -2.24. The van der Waals surface area contributed by atoms with Crippen LogP contribution < -0.4 is 10.6 Å². The van der Waals surface area contributed by atoms with Gasteiger partial charge in [0.25, 0.3) is 0 Å². The Kier molecular flexibility index (Phi) is 5.31. The molecule has 0 aromatic heterocycles. The van der Waals surface area contributed by atoms with Crippen LogP contribution in [0.25, 0.3) is 0 Å². The molecule has 1 fully saturated rings. The second-order valence-corrected chi connectivity index (χ2v) is 6.31. The van der Waals surface area contributed by atoms with Gasteiger partial charge in [0.1, 0.15) is 6.04 Å². The standard InChI is InChI=1S/C20H21N3O3/c1-14(24)21-16-7-9-17(10-8-16)22-20(26)18-11-12-19(25)23(18)13-15-5-3-2-4-6-15/h2-10,18H,11-13H2,1H3,(H,21,24)(H,22,26). The third-order valence-electron chi connectivity index (χ3n) is 4.30. The molecule has 0 bridgehead atoms. The average molecular weight is 351 g/mol. The maximum atomic E-state index is 12.6. The molecule has 0 spiro atoms. The van der Waals surface area contributed by atoms with Crippen molar-refractivity contribution in [3.8, 4) is 0 Å². The van der Waals surface area contributed by atoms with Gasteiger partial charge in [-0.15, -0.1) is 0 Å². The number of carbonyl (C=O) groups is 3. The number of carbonyl (C=O) groups excluding carboxylic acids is 3. The van der Waals surface area contributed by atoms with Crippen molar-refractivity contribution < 1.29 is 14.4 Å². The Balaban J connectivity index is 1.66. The van der Waals surface area contributed by atoms with Crippen LogP contribution in [0.4, 0.5) is 11.4 Å². The minimum Gasteiger partial charge on any atom is -0.326 e. The van der Waals surface area contributed by atoms with Gasteiger partial charge in [0.05, 0.1) is 0 Å². The van der Waals surface area contributed by atoms with Crippen molar-refractivity contribution in [1.29, 1.82) is 0 Å². The lowest BCUT2D eigenvalue weighted by atomic mass is 10.1. The molecular formula is C20H21N3O3. The molecule has 26 heavy (non-hydrogen) atoms. The normalized spacial score (nSPS) is 16.4. The summed E-state index contributed by atoms with van der Waals surface area (Å²) in [5.41, 5.74) is 2.29. The summed E-state index contributed by atoms with van der Waals surface area (Å²) < 4.78 is 0. The molecule has 6 heteroatoms. The Labute approximate surface area is 152 Å². The van der Waals surface area contributed by atoms with Crippen LogP contribution in [0.2, 0.25) is 0 Å². The average Bonchev–Trinajstić information content (AvgIpc) is 2.98. The van der Waals surface area contributed by atoms with Crippen molar-refractivity contribution in [1.82, 2.24) is 4.90 Å². The van der Waals surface area contributed by atoms with Crippen LogP contribution in [0.3, 0.4) is 0 Å². The predicted molar refractivity (Wildman–Crippen MR) is 99.4 cm³/mol. The summed E-state index contributed by atoms with van der Waals surface area (Å²) in [6.07, 6.45) is 0.897. The first-order valence-corrected chi connectivity index (χ1v) is 8.55. The molecule has 2 aromatic carbocycles. The Morgan fingerprint density at radius 3 is 2.23 bits per heavy atom. The van der Waals surface area contributed by atoms with E-state index in [4.69, 9.17) is 0 Å². The van der Waals surface area contributed by atoms with E-state index in [1.165, 1.54) is 6.92 Å². The van der Waals surface area contributed by atoms with E-state index in [9.17, 15) is 14.4 Å². The zero-order chi connectivity index (χ0) is 18.5. The van der Waals surface area contributed by atoms with Gasteiger partial charge in [-0.25, -0.2) is 0 Å².